The monoisotopic (exact) mass is 282 g/mol. The molecule has 0 fully saturated rings. The smallest absolute Gasteiger partial charge is 0.260 e. The van der Waals surface area contributed by atoms with E-state index in [1.165, 1.54) is 24.1 Å². The molecule has 0 saturated heterocycles. The first-order chi connectivity index (χ1) is 8.74. The van der Waals surface area contributed by atoms with Crippen molar-refractivity contribution in [3.8, 4) is 0 Å². The van der Waals surface area contributed by atoms with E-state index in [2.05, 4.69) is 23.8 Å². The van der Waals surface area contributed by atoms with Crippen LogP contribution in [-0.4, -0.2) is 15.7 Å². The van der Waals surface area contributed by atoms with Crippen LogP contribution in [0.5, 0.6) is 0 Å². The second-order valence-electron chi connectivity index (χ2n) is 4.21. The number of H-pyrrole nitrogens is 1. The average molecular weight is 282 g/mol. The molecule has 0 aliphatic rings. The Bertz CT molecular complexity index is 574. The van der Waals surface area contributed by atoms with Gasteiger partial charge in [0.15, 0.2) is 5.16 Å². The van der Waals surface area contributed by atoms with Gasteiger partial charge in [0.1, 0.15) is 4.83 Å². The van der Waals surface area contributed by atoms with Crippen molar-refractivity contribution in [3.63, 3.8) is 0 Å². The Labute approximate surface area is 115 Å². The van der Waals surface area contributed by atoms with Gasteiger partial charge in [-0.3, -0.25) is 4.79 Å². The van der Waals surface area contributed by atoms with Crippen LogP contribution in [0, 0.1) is 0 Å². The van der Waals surface area contributed by atoms with Crippen molar-refractivity contribution in [1.29, 1.82) is 0 Å². The number of aromatic amines is 1. The Morgan fingerprint density at radius 1 is 1.39 bits per heavy atom. The van der Waals surface area contributed by atoms with Crippen LogP contribution >= 0.6 is 23.1 Å². The average Bonchev–Trinajstić information content (AvgIpc) is 2.78. The SMILES string of the molecule is CCCCCSc1nc2sc(CC)cc2c(=O)[nH]1. The Morgan fingerprint density at radius 3 is 2.94 bits per heavy atom. The molecular formula is C13H18N2OS2. The molecule has 2 aromatic rings. The topological polar surface area (TPSA) is 45.8 Å². The molecule has 5 heteroatoms. The van der Waals surface area contributed by atoms with E-state index in [0.29, 0.717) is 0 Å². The van der Waals surface area contributed by atoms with E-state index in [0.717, 1.165) is 27.5 Å². The molecule has 2 rings (SSSR count). The van der Waals surface area contributed by atoms with Gasteiger partial charge in [0.05, 0.1) is 5.39 Å². The maximum absolute atomic E-state index is 11.9. The molecule has 0 aliphatic heterocycles. The Hall–Kier alpha value is -0.810. The lowest BCUT2D eigenvalue weighted by atomic mass is 10.3. The second kappa shape index (κ2) is 6.38. The zero-order chi connectivity index (χ0) is 13.0. The van der Waals surface area contributed by atoms with Crippen molar-refractivity contribution < 1.29 is 0 Å². The molecule has 0 aromatic carbocycles. The van der Waals surface area contributed by atoms with Gasteiger partial charge in [-0.1, -0.05) is 38.5 Å². The molecule has 0 aliphatic carbocycles. The maximum Gasteiger partial charge on any atom is 0.260 e. The van der Waals surface area contributed by atoms with Gasteiger partial charge in [0, 0.05) is 10.6 Å². The molecule has 18 heavy (non-hydrogen) atoms. The minimum absolute atomic E-state index is 0.00561. The maximum atomic E-state index is 11.9. The summed E-state index contributed by atoms with van der Waals surface area (Å²) >= 11 is 3.27. The van der Waals surface area contributed by atoms with Crippen LogP contribution < -0.4 is 5.56 Å². The van der Waals surface area contributed by atoms with Crippen molar-refractivity contribution in [3.05, 3.63) is 21.3 Å². The lowest BCUT2D eigenvalue weighted by Gasteiger charge is -1.99. The highest BCUT2D eigenvalue weighted by Crippen LogP contribution is 2.23. The van der Waals surface area contributed by atoms with E-state index in [-0.39, 0.29) is 5.56 Å². The van der Waals surface area contributed by atoms with E-state index in [1.54, 1.807) is 23.1 Å². The normalized spacial score (nSPS) is 11.2. The van der Waals surface area contributed by atoms with Gasteiger partial charge >= 0.3 is 0 Å². The number of unbranched alkanes of at least 4 members (excludes halogenated alkanes) is 2. The third kappa shape index (κ3) is 3.14. The number of aryl methyl sites for hydroxylation is 1. The zero-order valence-corrected chi connectivity index (χ0v) is 12.4. The van der Waals surface area contributed by atoms with E-state index in [1.807, 2.05) is 6.07 Å². The van der Waals surface area contributed by atoms with Crippen LogP contribution in [0.15, 0.2) is 16.0 Å². The molecule has 3 nitrogen and oxygen atoms in total. The standard InChI is InChI=1S/C13H18N2OS2/c1-3-5-6-7-17-13-14-11(16)10-8-9(4-2)18-12(10)15-13/h8H,3-7H2,1-2H3,(H,14,15,16). The van der Waals surface area contributed by atoms with Crippen molar-refractivity contribution in [2.75, 3.05) is 5.75 Å². The summed E-state index contributed by atoms with van der Waals surface area (Å²) in [6.45, 7) is 4.29. The highest BCUT2D eigenvalue weighted by molar-refractivity contribution is 7.99. The zero-order valence-electron chi connectivity index (χ0n) is 10.8. The number of nitrogens with zero attached hydrogens (tertiary/aromatic N) is 1. The number of hydrogen-bond acceptors (Lipinski definition) is 4. The first kappa shape index (κ1) is 13.6. The molecule has 0 radical (unpaired) electrons. The highest BCUT2D eigenvalue weighted by atomic mass is 32.2. The predicted molar refractivity (Wildman–Crippen MR) is 79.9 cm³/mol. The summed E-state index contributed by atoms with van der Waals surface area (Å²) in [6, 6.07) is 1.96. The van der Waals surface area contributed by atoms with E-state index < -0.39 is 0 Å². The number of hydrogen-bond donors (Lipinski definition) is 1. The van der Waals surface area contributed by atoms with Crippen molar-refractivity contribution in [2.24, 2.45) is 0 Å². The Morgan fingerprint density at radius 2 is 2.22 bits per heavy atom. The number of thioether (sulfide) groups is 1. The summed E-state index contributed by atoms with van der Waals surface area (Å²) in [7, 11) is 0. The van der Waals surface area contributed by atoms with Gasteiger partial charge in [0.25, 0.3) is 5.56 Å². The lowest BCUT2D eigenvalue weighted by Crippen LogP contribution is -2.07. The van der Waals surface area contributed by atoms with Crippen LogP contribution in [0.4, 0.5) is 0 Å². The number of nitrogens with one attached hydrogen (secondary N) is 1. The fourth-order valence-electron chi connectivity index (χ4n) is 1.73. The summed E-state index contributed by atoms with van der Waals surface area (Å²) in [5.41, 5.74) is -0.00561. The highest BCUT2D eigenvalue weighted by Gasteiger charge is 2.08. The van der Waals surface area contributed by atoms with E-state index in [4.69, 9.17) is 0 Å². The Balaban J connectivity index is 2.17. The molecule has 0 bridgehead atoms. The number of thiophene rings is 1. The molecule has 0 unspecified atom stereocenters. The van der Waals surface area contributed by atoms with Crippen LogP contribution in [0.25, 0.3) is 10.2 Å². The summed E-state index contributed by atoms with van der Waals surface area (Å²) in [4.78, 5) is 21.4. The molecule has 0 saturated carbocycles. The van der Waals surface area contributed by atoms with Gasteiger partial charge in [-0.25, -0.2) is 4.98 Å². The predicted octanol–water partition coefficient (Wildman–Crippen LogP) is 3.83. The van der Waals surface area contributed by atoms with Crippen LogP contribution in [0.1, 0.15) is 38.0 Å². The fourth-order valence-corrected chi connectivity index (χ4v) is 3.61. The molecule has 2 heterocycles. The van der Waals surface area contributed by atoms with Gasteiger partial charge < -0.3 is 4.98 Å². The summed E-state index contributed by atoms with van der Waals surface area (Å²) in [5, 5.41) is 1.49. The van der Waals surface area contributed by atoms with Crippen molar-refractivity contribution >= 4 is 33.3 Å². The van der Waals surface area contributed by atoms with Gasteiger partial charge in [-0.15, -0.1) is 11.3 Å². The number of fused-ring (bicyclic) bond motifs is 1. The molecule has 0 amide bonds. The van der Waals surface area contributed by atoms with E-state index in [9.17, 15) is 4.79 Å². The quantitative estimate of drug-likeness (QED) is 0.497. The summed E-state index contributed by atoms with van der Waals surface area (Å²) in [5.74, 6) is 1.02. The summed E-state index contributed by atoms with van der Waals surface area (Å²) < 4.78 is 0. The molecule has 2 aromatic heterocycles. The van der Waals surface area contributed by atoms with Gasteiger partial charge in [-0.2, -0.15) is 0 Å². The fraction of sp³-hybridized carbons (Fsp3) is 0.538. The largest absolute Gasteiger partial charge is 0.301 e. The minimum Gasteiger partial charge on any atom is -0.301 e. The molecular weight excluding hydrogens is 264 g/mol. The van der Waals surface area contributed by atoms with Crippen molar-refractivity contribution in [1.82, 2.24) is 9.97 Å². The van der Waals surface area contributed by atoms with E-state index >= 15 is 0 Å². The number of rotatable bonds is 6. The molecule has 0 atom stereocenters. The first-order valence-corrected chi connectivity index (χ1v) is 8.20. The van der Waals surface area contributed by atoms with Crippen LogP contribution in [-0.2, 0) is 6.42 Å². The lowest BCUT2D eigenvalue weighted by molar-refractivity contribution is 0.777. The molecule has 0 spiro atoms. The van der Waals surface area contributed by atoms with Gasteiger partial charge in [0.2, 0.25) is 0 Å². The minimum atomic E-state index is -0.00561. The summed E-state index contributed by atoms with van der Waals surface area (Å²) in [6.07, 6.45) is 4.58. The van der Waals surface area contributed by atoms with Gasteiger partial charge in [-0.05, 0) is 18.9 Å². The third-order valence-electron chi connectivity index (χ3n) is 2.77. The molecule has 98 valence electrons. The third-order valence-corrected chi connectivity index (χ3v) is 4.90. The van der Waals surface area contributed by atoms with Crippen LogP contribution in [0.2, 0.25) is 0 Å². The van der Waals surface area contributed by atoms with Crippen LogP contribution in [0.3, 0.4) is 0 Å². The van der Waals surface area contributed by atoms with Crippen molar-refractivity contribution in [2.45, 2.75) is 44.7 Å². The number of aromatic nitrogens is 2. The second-order valence-corrected chi connectivity index (χ2v) is 6.41. The Kier molecular flexibility index (Phi) is 4.83. The first-order valence-electron chi connectivity index (χ1n) is 6.40. The molecule has 1 N–H and O–H groups in total.